The van der Waals surface area contributed by atoms with Gasteiger partial charge in [-0.25, -0.2) is 4.90 Å². The highest BCUT2D eigenvalue weighted by molar-refractivity contribution is 6.23. The lowest BCUT2D eigenvalue weighted by atomic mass is 9.81. The second-order valence-corrected chi connectivity index (χ2v) is 10.4. The summed E-state index contributed by atoms with van der Waals surface area (Å²) in [5.41, 5.74) is 1.56. The summed E-state index contributed by atoms with van der Waals surface area (Å²) in [6, 6.07) is 10.4. The number of benzene rings is 2. The zero-order valence-electron chi connectivity index (χ0n) is 20.2. The molecule has 0 N–H and O–H groups in total. The molecule has 2 saturated carbocycles. The molecule has 6 rings (SSSR count). The lowest BCUT2D eigenvalue weighted by molar-refractivity contribution is -0.384. The van der Waals surface area contributed by atoms with Crippen LogP contribution in [-0.4, -0.2) is 35.2 Å². The summed E-state index contributed by atoms with van der Waals surface area (Å²) < 4.78 is 5.56. The molecule has 2 aromatic rings. The number of nitro groups is 1. The molecule has 2 aliphatic carbocycles. The van der Waals surface area contributed by atoms with Crippen LogP contribution in [0.5, 0.6) is 5.75 Å². The molecule has 2 aromatic carbocycles. The molecule has 2 aliphatic heterocycles. The first kappa shape index (κ1) is 23.3. The molecule has 37 heavy (non-hydrogen) atoms. The molecule has 5 atom stereocenters. The Morgan fingerprint density at radius 1 is 1.00 bits per heavy atom. The Bertz CT molecular complexity index is 1330. The van der Waals surface area contributed by atoms with E-state index in [1.165, 1.54) is 34.1 Å². The number of aryl methyl sites for hydroxylation is 1. The number of esters is 1. The first-order valence-corrected chi connectivity index (χ1v) is 12.5. The maximum Gasteiger partial charge on any atom is 0.316 e. The van der Waals surface area contributed by atoms with Gasteiger partial charge in [-0.15, -0.1) is 0 Å². The van der Waals surface area contributed by atoms with Crippen molar-refractivity contribution in [3.05, 3.63) is 58.1 Å². The summed E-state index contributed by atoms with van der Waals surface area (Å²) in [4.78, 5) is 64.7. The largest absolute Gasteiger partial charge is 0.426 e. The fraction of sp³-hybridized carbons (Fsp3) is 0.407. The van der Waals surface area contributed by atoms with Crippen LogP contribution in [0.3, 0.4) is 0 Å². The number of hydrogen-bond donors (Lipinski definition) is 0. The standard InChI is InChI=1S/C27H25N3O7/c1-14-10-20(8-9-21(14)29-25(32)23-15-2-3-16(11-15)24(23)26(29)33)37-27(34)17-12-22(31)28(13-17)18-4-6-19(7-5-18)30(35)36/h4-10,15-17,23-24H,2-3,11-13H2,1H3/t15-,16-,17+,23+,24+/m0/s1. The third kappa shape index (κ3) is 3.70. The lowest BCUT2D eigenvalue weighted by Crippen LogP contribution is -2.33. The number of ether oxygens (including phenoxy) is 1. The highest BCUT2D eigenvalue weighted by atomic mass is 16.6. The smallest absolute Gasteiger partial charge is 0.316 e. The summed E-state index contributed by atoms with van der Waals surface area (Å²) in [6.07, 6.45) is 2.96. The minimum Gasteiger partial charge on any atom is -0.426 e. The zero-order chi connectivity index (χ0) is 26.0. The number of carbonyl (C=O) groups is 4. The van der Waals surface area contributed by atoms with Crippen LogP contribution in [0.15, 0.2) is 42.5 Å². The van der Waals surface area contributed by atoms with Gasteiger partial charge in [-0.2, -0.15) is 0 Å². The predicted octanol–water partition coefficient (Wildman–Crippen LogP) is 3.40. The average Bonchev–Trinajstić information content (AvgIpc) is 3.63. The third-order valence-electron chi connectivity index (χ3n) is 8.39. The van der Waals surface area contributed by atoms with Gasteiger partial charge in [0, 0.05) is 30.8 Å². The summed E-state index contributed by atoms with van der Waals surface area (Å²) >= 11 is 0. The summed E-state index contributed by atoms with van der Waals surface area (Å²) in [5.74, 6) is -1.31. The van der Waals surface area contributed by atoms with Crippen LogP contribution in [0.4, 0.5) is 17.1 Å². The number of carbonyl (C=O) groups excluding carboxylic acids is 4. The number of fused-ring (bicyclic) bond motifs is 5. The molecule has 4 aliphatic rings. The Labute approximate surface area is 212 Å². The fourth-order valence-corrected chi connectivity index (χ4v) is 6.66. The van der Waals surface area contributed by atoms with Gasteiger partial charge < -0.3 is 9.64 Å². The van der Waals surface area contributed by atoms with Crippen molar-refractivity contribution in [3.63, 3.8) is 0 Å². The number of anilines is 2. The first-order chi connectivity index (χ1) is 17.7. The second kappa shape index (κ2) is 8.50. The van der Waals surface area contributed by atoms with E-state index in [2.05, 4.69) is 0 Å². The number of nitro benzene ring substituents is 1. The van der Waals surface area contributed by atoms with E-state index in [9.17, 15) is 29.3 Å². The SMILES string of the molecule is Cc1cc(OC(=O)[C@@H]2CC(=O)N(c3ccc([N+](=O)[O-])cc3)C2)ccc1N1C(=O)[C@@H]2[C@H]3CC[C@@H](C3)[C@H]2C1=O. The van der Waals surface area contributed by atoms with Gasteiger partial charge in [0.2, 0.25) is 17.7 Å². The van der Waals surface area contributed by atoms with Crippen LogP contribution in [0.2, 0.25) is 0 Å². The van der Waals surface area contributed by atoms with Crippen LogP contribution in [0.1, 0.15) is 31.2 Å². The van der Waals surface area contributed by atoms with E-state index in [0.29, 0.717) is 28.8 Å². The predicted molar refractivity (Wildman–Crippen MR) is 131 cm³/mol. The van der Waals surface area contributed by atoms with Gasteiger partial charge in [0.1, 0.15) is 5.75 Å². The van der Waals surface area contributed by atoms with Gasteiger partial charge in [-0.05, 0) is 73.9 Å². The molecular formula is C27H25N3O7. The second-order valence-electron chi connectivity index (χ2n) is 10.4. The van der Waals surface area contributed by atoms with Crippen LogP contribution < -0.4 is 14.5 Å². The molecule has 10 heteroatoms. The molecule has 0 spiro atoms. The van der Waals surface area contributed by atoms with Gasteiger partial charge in [0.05, 0.1) is 28.4 Å². The highest BCUT2D eigenvalue weighted by Crippen LogP contribution is 2.56. The molecule has 2 bridgehead atoms. The van der Waals surface area contributed by atoms with E-state index in [0.717, 1.165) is 19.3 Å². The van der Waals surface area contributed by atoms with Crippen molar-refractivity contribution in [2.24, 2.45) is 29.6 Å². The number of non-ortho nitro benzene ring substituents is 1. The van der Waals surface area contributed by atoms with E-state index in [4.69, 9.17) is 4.74 Å². The van der Waals surface area contributed by atoms with Crippen molar-refractivity contribution < 1.29 is 28.8 Å². The van der Waals surface area contributed by atoms with Crippen LogP contribution in [0.25, 0.3) is 0 Å². The minimum absolute atomic E-state index is 0.0330. The summed E-state index contributed by atoms with van der Waals surface area (Å²) in [7, 11) is 0. The molecule has 0 aromatic heterocycles. The van der Waals surface area contributed by atoms with Crippen molar-refractivity contribution >= 4 is 40.8 Å². The van der Waals surface area contributed by atoms with Gasteiger partial charge in [0.25, 0.3) is 5.69 Å². The van der Waals surface area contributed by atoms with Gasteiger partial charge in [-0.3, -0.25) is 29.3 Å². The Kier molecular flexibility index (Phi) is 5.36. The van der Waals surface area contributed by atoms with Crippen molar-refractivity contribution in [1.82, 2.24) is 0 Å². The topological polar surface area (TPSA) is 127 Å². The quantitative estimate of drug-likeness (QED) is 0.201. The van der Waals surface area contributed by atoms with Crippen molar-refractivity contribution in [1.29, 1.82) is 0 Å². The Morgan fingerprint density at radius 3 is 2.24 bits per heavy atom. The van der Waals surface area contributed by atoms with Gasteiger partial charge in [0.15, 0.2) is 0 Å². The van der Waals surface area contributed by atoms with Crippen molar-refractivity contribution in [2.45, 2.75) is 32.6 Å². The van der Waals surface area contributed by atoms with E-state index in [-0.39, 0.29) is 54.0 Å². The van der Waals surface area contributed by atoms with Crippen LogP contribution in [0, 0.1) is 46.6 Å². The lowest BCUT2D eigenvalue weighted by Gasteiger charge is -2.20. The normalized spacial score (nSPS) is 28.2. The average molecular weight is 504 g/mol. The van der Waals surface area contributed by atoms with E-state index in [1.807, 2.05) is 0 Å². The Morgan fingerprint density at radius 2 is 1.65 bits per heavy atom. The molecule has 0 radical (unpaired) electrons. The fourth-order valence-electron chi connectivity index (χ4n) is 6.66. The number of nitrogens with zero attached hydrogens (tertiary/aromatic N) is 3. The molecule has 190 valence electrons. The molecule has 4 fully saturated rings. The molecule has 2 saturated heterocycles. The van der Waals surface area contributed by atoms with E-state index >= 15 is 0 Å². The zero-order valence-corrected chi connectivity index (χ0v) is 20.2. The third-order valence-corrected chi connectivity index (χ3v) is 8.39. The molecule has 3 amide bonds. The van der Waals surface area contributed by atoms with Gasteiger partial charge in [-0.1, -0.05) is 0 Å². The maximum absolute atomic E-state index is 13.2. The maximum atomic E-state index is 13.2. The molecular weight excluding hydrogens is 478 g/mol. The summed E-state index contributed by atoms with van der Waals surface area (Å²) in [5, 5.41) is 10.9. The number of amides is 3. The number of hydrogen-bond acceptors (Lipinski definition) is 7. The van der Waals surface area contributed by atoms with Crippen molar-refractivity contribution in [3.8, 4) is 5.75 Å². The minimum atomic E-state index is -0.695. The first-order valence-electron chi connectivity index (χ1n) is 12.5. The van der Waals surface area contributed by atoms with E-state index in [1.54, 1.807) is 25.1 Å². The van der Waals surface area contributed by atoms with Crippen LogP contribution >= 0.6 is 0 Å². The molecule has 0 unspecified atom stereocenters. The Hall–Kier alpha value is -4.08. The van der Waals surface area contributed by atoms with Crippen molar-refractivity contribution in [2.75, 3.05) is 16.3 Å². The highest BCUT2D eigenvalue weighted by Gasteiger charge is 2.61. The van der Waals surface area contributed by atoms with E-state index < -0.39 is 16.8 Å². The van der Waals surface area contributed by atoms with Gasteiger partial charge >= 0.3 is 5.97 Å². The number of rotatable bonds is 5. The number of imide groups is 1. The Balaban J connectivity index is 1.14. The monoisotopic (exact) mass is 503 g/mol. The molecule has 2 heterocycles. The molecule has 10 nitrogen and oxygen atoms in total. The summed E-state index contributed by atoms with van der Waals surface area (Å²) in [6.45, 7) is 1.87. The van der Waals surface area contributed by atoms with Crippen LogP contribution in [-0.2, 0) is 19.2 Å².